The van der Waals surface area contributed by atoms with Crippen LogP contribution >= 0.6 is 15.9 Å². The Morgan fingerprint density at radius 1 is 1.28 bits per heavy atom. The number of ether oxygens (including phenoxy) is 1. The van der Waals surface area contributed by atoms with Gasteiger partial charge in [-0.1, -0.05) is 6.07 Å². The molecule has 4 N–H and O–H groups in total. The number of esters is 1. The smallest absolute Gasteiger partial charge is 0.325 e. The highest BCUT2D eigenvalue weighted by atomic mass is 79.9. The first-order valence-corrected chi connectivity index (χ1v) is 7.74. The summed E-state index contributed by atoms with van der Waals surface area (Å²) in [6.45, 7) is -0.254. The van der Waals surface area contributed by atoms with Gasteiger partial charge < -0.3 is 21.1 Å². The van der Waals surface area contributed by atoms with Gasteiger partial charge in [0, 0.05) is 11.3 Å². The Balaban J connectivity index is 2.10. The molecule has 0 aliphatic rings. The fourth-order valence-electron chi connectivity index (χ4n) is 1.80. The first kappa shape index (κ1) is 18.3. The van der Waals surface area contributed by atoms with Crippen molar-refractivity contribution in [1.29, 1.82) is 0 Å². The molecule has 0 saturated carbocycles. The molecule has 9 nitrogen and oxygen atoms in total. The molecular weight excluding hydrogens is 394 g/mol. The van der Waals surface area contributed by atoms with E-state index >= 15 is 0 Å². The highest BCUT2D eigenvalue weighted by Gasteiger charge is 2.15. The van der Waals surface area contributed by atoms with Crippen LogP contribution < -0.4 is 16.4 Å². The second-order valence-corrected chi connectivity index (χ2v) is 5.53. The molecule has 0 fully saturated rings. The Labute approximate surface area is 151 Å². The standard InChI is InChI=1S/C15H14BrN5O4/c1-25-11(22)7-19-14(23)8-3-2-4-9(5-8)20-15(24)12-13(17)18-6-10(16)21-12/h2-6H,7H2,1H3,(H2,17,18)(H,19,23)(H,20,24). The Morgan fingerprint density at radius 2 is 2.04 bits per heavy atom. The number of carbonyl (C=O) groups is 3. The van der Waals surface area contributed by atoms with E-state index < -0.39 is 17.8 Å². The number of nitrogens with one attached hydrogen (secondary N) is 2. The molecule has 130 valence electrons. The summed E-state index contributed by atoms with van der Waals surface area (Å²) in [6.07, 6.45) is 1.37. The molecule has 0 unspecified atom stereocenters. The lowest BCUT2D eigenvalue weighted by Crippen LogP contribution is -2.30. The van der Waals surface area contributed by atoms with E-state index in [-0.39, 0.29) is 23.6 Å². The van der Waals surface area contributed by atoms with Crippen LogP contribution in [0, 0.1) is 0 Å². The van der Waals surface area contributed by atoms with E-state index in [4.69, 9.17) is 5.73 Å². The van der Waals surface area contributed by atoms with E-state index in [2.05, 4.69) is 41.3 Å². The molecule has 1 aromatic carbocycles. The number of amides is 2. The molecule has 2 amide bonds. The van der Waals surface area contributed by atoms with Gasteiger partial charge in [0.05, 0.1) is 13.3 Å². The highest BCUT2D eigenvalue weighted by molar-refractivity contribution is 9.10. The van der Waals surface area contributed by atoms with Crippen molar-refractivity contribution in [3.63, 3.8) is 0 Å². The Hall–Kier alpha value is -3.01. The van der Waals surface area contributed by atoms with Crippen molar-refractivity contribution in [1.82, 2.24) is 15.3 Å². The molecular formula is C15H14BrN5O4. The number of rotatable bonds is 5. The normalized spacial score (nSPS) is 10.0. The summed E-state index contributed by atoms with van der Waals surface area (Å²) in [5.41, 5.74) is 6.21. The number of hydrogen-bond donors (Lipinski definition) is 3. The van der Waals surface area contributed by atoms with Gasteiger partial charge in [0.2, 0.25) is 0 Å². The van der Waals surface area contributed by atoms with Crippen LogP contribution in [0.15, 0.2) is 35.1 Å². The van der Waals surface area contributed by atoms with Crippen LogP contribution in [0.1, 0.15) is 20.8 Å². The van der Waals surface area contributed by atoms with Gasteiger partial charge >= 0.3 is 5.97 Å². The number of carbonyl (C=O) groups excluding carboxylic acids is 3. The summed E-state index contributed by atoms with van der Waals surface area (Å²) < 4.78 is 4.81. The minimum Gasteiger partial charge on any atom is -0.468 e. The van der Waals surface area contributed by atoms with Gasteiger partial charge in [0.1, 0.15) is 11.1 Å². The van der Waals surface area contributed by atoms with E-state index in [9.17, 15) is 14.4 Å². The molecule has 0 bridgehead atoms. The molecule has 0 atom stereocenters. The number of nitrogens with zero attached hydrogens (tertiary/aromatic N) is 2. The van der Waals surface area contributed by atoms with Gasteiger partial charge in [-0.25, -0.2) is 9.97 Å². The second-order valence-electron chi connectivity index (χ2n) is 4.72. The molecule has 1 aromatic heterocycles. The van der Waals surface area contributed by atoms with Crippen LogP contribution in [-0.4, -0.2) is 41.4 Å². The van der Waals surface area contributed by atoms with Gasteiger partial charge in [0.15, 0.2) is 11.5 Å². The minimum absolute atomic E-state index is 0.0207. The third-order valence-corrected chi connectivity index (χ3v) is 3.37. The summed E-state index contributed by atoms with van der Waals surface area (Å²) in [4.78, 5) is 43.1. The van der Waals surface area contributed by atoms with Crippen molar-refractivity contribution in [2.75, 3.05) is 24.7 Å². The summed E-state index contributed by atoms with van der Waals surface area (Å²) in [7, 11) is 1.22. The van der Waals surface area contributed by atoms with Gasteiger partial charge in [-0.15, -0.1) is 0 Å². The summed E-state index contributed by atoms with van der Waals surface area (Å²) >= 11 is 3.12. The van der Waals surface area contributed by atoms with Gasteiger partial charge in [-0.3, -0.25) is 14.4 Å². The maximum atomic E-state index is 12.2. The van der Waals surface area contributed by atoms with Crippen molar-refractivity contribution in [3.8, 4) is 0 Å². The first-order valence-electron chi connectivity index (χ1n) is 6.95. The molecule has 25 heavy (non-hydrogen) atoms. The van der Waals surface area contributed by atoms with Crippen molar-refractivity contribution in [2.45, 2.75) is 0 Å². The van der Waals surface area contributed by atoms with E-state index in [0.717, 1.165) is 0 Å². The summed E-state index contributed by atoms with van der Waals surface area (Å²) in [6, 6.07) is 6.16. The number of aromatic nitrogens is 2. The van der Waals surface area contributed by atoms with Gasteiger partial charge in [-0.2, -0.15) is 0 Å². The molecule has 0 radical (unpaired) electrons. The molecule has 2 aromatic rings. The van der Waals surface area contributed by atoms with Crippen LogP contribution in [0.4, 0.5) is 11.5 Å². The van der Waals surface area contributed by atoms with Gasteiger partial charge in [0.25, 0.3) is 11.8 Å². The Kier molecular flexibility index (Phi) is 6.01. The maximum Gasteiger partial charge on any atom is 0.325 e. The average molecular weight is 408 g/mol. The zero-order valence-electron chi connectivity index (χ0n) is 13.1. The monoisotopic (exact) mass is 407 g/mol. The minimum atomic E-state index is -0.571. The first-order chi connectivity index (χ1) is 11.9. The largest absolute Gasteiger partial charge is 0.468 e. The maximum absolute atomic E-state index is 12.2. The van der Waals surface area contributed by atoms with Crippen LogP contribution in [0.5, 0.6) is 0 Å². The third kappa shape index (κ3) is 4.98. The van der Waals surface area contributed by atoms with E-state index in [0.29, 0.717) is 10.3 Å². The second kappa shape index (κ2) is 8.20. The summed E-state index contributed by atoms with van der Waals surface area (Å²) in [5, 5.41) is 4.99. The molecule has 0 saturated heterocycles. The Bertz CT molecular complexity index is 827. The topological polar surface area (TPSA) is 136 Å². The predicted molar refractivity (Wildman–Crippen MR) is 92.9 cm³/mol. The fraction of sp³-hybridized carbons (Fsp3) is 0.133. The molecule has 0 aliphatic heterocycles. The van der Waals surface area contributed by atoms with Gasteiger partial charge in [-0.05, 0) is 34.1 Å². The lowest BCUT2D eigenvalue weighted by Gasteiger charge is -2.08. The molecule has 0 spiro atoms. The zero-order chi connectivity index (χ0) is 18.4. The lowest BCUT2D eigenvalue weighted by atomic mass is 10.2. The number of nitrogen functional groups attached to an aromatic ring is 1. The van der Waals surface area contributed by atoms with Crippen molar-refractivity contribution < 1.29 is 19.1 Å². The molecule has 10 heteroatoms. The SMILES string of the molecule is COC(=O)CNC(=O)c1cccc(NC(=O)c2nc(Br)cnc2N)c1. The molecule has 1 heterocycles. The number of halogens is 1. The molecule has 0 aliphatic carbocycles. The number of nitrogens with two attached hydrogens (primary N) is 1. The zero-order valence-corrected chi connectivity index (χ0v) is 14.7. The van der Waals surface area contributed by atoms with Crippen molar-refractivity contribution >= 4 is 45.2 Å². The fourth-order valence-corrected chi connectivity index (χ4v) is 2.08. The Morgan fingerprint density at radius 3 is 2.76 bits per heavy atom. The summed E-state index contributed by atoms with van der Waals surface area (Å²) in [5.74, 6) is -1.64. The van der Waals surface area contributed by atoms with E-state index in [1.807, 2.05) is 0 Å². The van der Waals surface area contributed by atoms with Crippen molar-refractivity contribution in [3.05, 3.63) is 46.3 Å². The van der Waals surface area contributed by atoms with Crippen LogP contribution in [0.2, 0.25) is 0 Å². The number of methoxy groups -OCH3 is 1. The number of hydrogen-bond acceptors (Lipinski definition) is 7. The third-order valence-electron chi connectivity index (χ3n) is 2.99. The number of benzene rings is 1. The average Bonchev–Trinajstić information content (AvgIpc) is 2.61. The van der Waals surface area contributed by atoms with E-state index in [1.54, 1.807) is 12.1 Å². The van der Waals surface area contributed by atoms with Crippen molar-refractivity contribution in [2.24, 2.45) is 0 Å². The lowest BCUT2D eigenvalue weighted by molar-refractivity contribution is -0.139. The quantitative estimate of drug-likeness (QED) is 0.628. The number of anilines is 2. The van der Waals surface area contributed by atoms with Crippen LogP contribution in [-0.2, 0) is 9.53 Å². The highest BCUT2D eigenvalue weighted by Crippen LogP contribution is 2.15. The van der Waals surface area contributed by atoms with Crippen LogP contribution in [0.25, 0.3) is 0 Å². The molecule has 2 rings (SSSR count). The van der Waals surface area contributed by atoms with E-state index in [1.165, 1.54) is 25.4 Å². The predicted octanol–water partition coefficient (Wildman–Crippen LogP) is 0.976. The van der Waals surface area contributed by atoms with Crippen LogP contribution in [0.3, 0.4) is 0 Å².